The van der Waals surface area contributed by atoms with E-state index in [-0.39, 0.29) is 28.5 Å². The second-order valence-corrected chi connectivity index (χ2v) is 5.69. The molecule has 0 saturated heterocycles. The summed E-state index contributed by atoms with van der Waals surface area (Å²) < 4.78 is 47.9. The van der Waals surface area contributed by atoms with Crippen LogP contribution in [0, 0.1) is 6.92 Å². The molecule has 0 saturated carbocycles. The first-order valence-electron chi connectivity index (χ1n) is 7.98. The van der Waals surface area contributed by atoms with Crippen molar-refractivity contribution >= 4 is 17.6 Å². The Morgan fingerprint density at radius 3 is 2.29 bits per heavy atom. The van der Waals surface area contributed by atoms with Crippen molar-refractivity contribution in [2.75, 3.05) is 5.32 Å². The van der Waals surface area contributed by atoms with Crippen molar-refractivity contribution < 1.29 is 32.0 Å². The molecule has 1 heterocycles. The number of rotatable bonds is 4. The average molecular weight is 390 g/mol. The number of nitrogens with zero attached hydrogens (tertiary/aromatic N) is 1. The van der Waals surface area contributed by atoms with Crippen molar-refractivity contribution in [3.63, 3.8) is 0 Å². The fraction of sp³-hybridized carbons (Fsp3) is 0.105. The Morgan fingerprint density at radius 2 is 1.68 bits per heavy atom. The third-order valence-electron chi connectivity index (χ3n) is 3.71. The Balaban J connectivity index is 1.79. The predicted octanol–water partition coefficient (Wildman–Crippen LogP) is 4.47. The maximum atomic E-state index is 12.6. The van der Waals surface area contributed by atoms with E-state index in [0.29, 0.717) is 0 Å². The van der Waals surface area contributed by atoms with Crippen LogP contribution in [-0.2, 0) is 6.18 Å². The van der Waals surface area contributed by atoms with Gasteiger partial charge in [-0.15, -0.1) is 0 Å². The quantitative estimate of drug-likeness (QED) is 0.525. The summed E-state index contributed by atoms with van der Waals surface area (Å²) in [5.41, 5.74) is -1.24. The van der Waals surface area contributed by atoms with Gasteiger partial charge in [0.25, 0.3) is 5.91 Å². The highest BCUT2D eigenvalue weighted by molar-refractivity contribution is 6.11. The Hall–Kier alpha value is -3.62. The second kappa shape index (κ2) is 7.55. The van der Waals surface area contributed by atoms with Crippen LogP contribution >= 0.6 is 0 Å². The number of halogens is 3. The minimum Gasteiger partial charge on any atom is -0.422 e. The summed E-state index contributed by atoms with van der Waals surface area (Å²) in [6, 6.07) is 12.0. The number of aromatic nitrogens is 1. The van der Waals surface area contributed by atoms with E-state index >= 15 is 0 Å². The molecule has 144 valence electrons. The Morgan fingerprint density at radius 1 is 1.04 bits per heavy atom. The van der Waals surface area contributed by atoms with Crippen molar-refractivity contribution in [2.24, 2.45) is 0 Å². The van der Waals surface area contributed by atoms with Gasteiger partial charge in [0.2, 0.25) is 5.69 Å². The van der Waals surface area contributed by atoms with Gasteiger partial charge in [-0.25, -0.2) is 4.79 Å². The van der Waals surface area contributed by atoms with Crippen LogP contribution in [0.2, 0.25) is 0 Å². The molecule has 0 unspecified atom stereocenters. The van der Waals surface area contributed by atoms with Gasteiger partial charge in [0.15, 0.2) is 0 Å². The van der Waals surface area contributed by atoms with Gasteiger partial charge in [-0.2, -0.15) is 13.2 Å². The topological polar surface area (TPSA) is 81.4 Å². The number of esters is 1. The molecule has 0 bridgehead atoms. The van der Waals surface area contributed by atoms with Gasteiger partial charge < -0.3 is 14.6 Å². The third kappa shape index (κ3) is 4.20. The van der Waals surface area contributed by atoms with Gasteiger partial charge in [-0.1, -0.05) is 23.4 Å². The van der Waals surface area contributed by atoms with Gasteiger partial charge >= 0.3 is 12.1 Å². The zero-order valence-corrected chi connectivity index (χ0v) is 14.4. The zero-order chi connectivity index (χ0) is 20.3. The van der Waals surface area contributed by atoms with Crippen molar-refractivity contribution in [3.8, 4) is 5.75 Å². The molecule has 0 aliphatic rings. The number of benzene rings is 2. The molecule has 28 heavy (non-hydrogen) atoms. The van der Waals surface area contributed by atoms with E-state index in [2.05, 4.69) is 10.5 Å². The zero-order valence-electron chi connectivity index (χ0n) is 14.4. The third-order valence-corrected chi connectivity index (χ3v) is 3.71. The molecule has 3 rings (SSSR count). The van der Waals surface area contributed by atoms with E-state index < -0.39 is 23.6 Å². The Bertz CT molecular complexity index is 996. The number of alkyl halides is 3. The van der Waals surface area contributed by atoms with Crippen molar-refractivity contribution in [2.45, 2.75) is 13.1 Å². The summed E-state index contributed by atoms with van der Waals surface area (Å²) >= 11 is 0. The summed E-state index contributed by atoms with van der Waals surface area (Å²) in [6.07, 6.45) is -4.48. The average Bonchev–Trinajstić information content (AvgIpc) is 3.04. The summed E-state index contributed by atoms with van der Waals surface area (Å²) in [6.45, 7) is 1.42. The molecular weight excluding hydrogens is 377 g/mol. The van der Waals surface area contributed by atoms with E-state index in [1.54, 1.807) is 30.3 Å². The number of para-hydroxylation sites is 1. The number of nitrogens with one attached hydrogen (secondary N) is 1. The van der Waals surface area contributed by atoms with Crippen LogP contribution in [0.1, 0.15) is 32.2 Å². The molecule has 1 amide bonds. The van der Waals surface area contributed by atoms with Crippen LogP contribution < -0.4 is 10.1 Å². The Kier molecular flexibility index (Phi) is 5.16. The lowest BCUT2D eigenvalue weighted by atomic mass is 10.1. The molecule has 1 aromatic heterocycles. The van der Waals surface area contributed by atoms with Crippen LogP contribution in [-0.4, -0.2) is 17.0 Å². The van der Waals surface area contributed by atoms with E-state index in [4.69, 9.17) is 9.26 Å². The highest BCUT2D eigenvalue weighted by atomic mass is 19.4. The molecule has 0 aliphatic heterocycles. The highest BCUT2D eigenvalue weighted by Crippen LogP contribution is 2.30. The summed E-state index contributed by atoms with van der Waals surface area (Å²) in [5, 5.41) is 5.97. The molecule has 0 atom stereocenters. The maximum absolute atomic E-state index is 12.6. The summed E-state index contributed by atoms with van der Waals surface area (Å²) in [4.78, 5) is 24.8. The van der Waals surface area contributed by atoms with Gasteiger partial charge in [-0.3, -0.25) is 4.79 Å². The molecule has 0 radical (unpaired) electrons. The predicted molar refractivity (Wildman–Crippen MR) is 92.0 cm³/mol. The lowest BCUT2D eigenvalue weighted by molar-refractivity contribution is -0.137. The molecule has 1 N–H and O–H groups in total. The van der Waals surface area contributed by atoms with Gasteiger partial charge in [0, 0.05) is 5.69 Å². The number of ether oxygens (including phenoxy) is 1. The first kappa shape index (κ1) is 19.2. The molecule has 9 heteroatoms. The summed E-state index contributed by atoms with van der Waals surface area (Å²) in [5.74, 6) is -1.36. The largest absolute Gasteiger partial charge is 0.422 e. The lowest BCUT2D eigenvalue weighted by Crippen LogP contribution is -2.19. The van der Waals surface area contributed by atoms with Crippen LogP contribution in [0.15, 0.2) is 59.1 Å². The van der Waals surface area contributed by atoms with E-state index in [0.717, 1.165) is 24.3 Å². The second-order valence-electron chi connectivity index (χ2n) is 5.69. The fourth-order valence-electron chi connectivity index (χ4n) is 2.36. The van der Waals surface area contributed by atoms with E-state index in [1.165, 1.54) is 6.92 Å². The van der Waals surface area contributed by atoms with Crippen LogP contribution in [0.3, 0.4) is 0 Å². The monoisotopic (exact) mass is 390 g/mol. The standard InChI is InChI=1S/C19H13F3N2O4/c1-11-15(16(24-28-11)18(26)27-14-5-3-2-4-6-14)17(25)23-13-9-7-12(8-10-13)19(20,21)22/h2-10H,1H3,(H,23,25). The first-order chi connectivity index (χ1) is 13.3. The van der Waals surface area contributed by atoms with E-state index in [1.807, 2.05) is 0 Å². The van der Waals surface area contributed by atoms with Crippen molar-refractivity contribution in [1.29, 1.82) is 0 Å². The minimum atomic E-state index is -4.48. The number of amides is 1. The molecule has 3 aromatic rings. The van der Waals surface area contributed by atoms with Crippen LogP contribution in [0.25, 0.3) is 0 Å². The number of carbonyl (C=O) groups is 2. The van der Waals surface area contributed by atoms with Gasteiger partial charge in [-0.05, 0) is 43.3 Å². The molecule has 6 nitrogen and oxygen atoms in total. The number of aryl methyl sites for hydroxylation is 1. The Labute approximate surface area is 156 Å². The van der Waals surface area contributed by atoms with Crippen LogP contribution in [0.4, 0.5) is 18.9 Å². The maximum Gasteiger partial charge on any atom is 0.416 e. The first-order valence-corrected chi connectivity index (χ1v) is 7.98. The molecule has 0 aliphatic carbocycles. The highest BCUT2D eigenvalue weighted by Gasteiger charge is 2.30. The minimum absolute atomic E-state index is 0.0597. The lowest BCUT2D eigenvalue weighted by Gasteiger charge is -2.09. The van der Waals surface area contributed by atoms with Crippen molar-refractivity contribution in [3.05, 3.63) is 77.2 Å². The number of hydrogen-bond donors (Lipinski definition) is 1. The van der Waals surface area contributed by atoms with Crippen molar-refractivity contribution in [1.82, 2.24) is 5.16 Å². The fourth-order valence-corrected chi connectivity index (χ4v) is 2.36. The number of anilines is 1. The normalized spacial score (nSPS) is 11.1. The number of carbonyl (C=O) groups excluding carboxylic acids is 2. The SMILES string of the molecule is Cc1onc(C(=O)Oc2ccccc2)c1C(=O)Nc1ccc(C(F)(F)F)cc1. The molecule has 2 aromatic carbocycles. The molecular formula is C19H13F3N2O4. The molecule has 0 fully saturated rings. The number of hydrogen-bond acceptors (Lipinski definition) is 5. The van der Waals surface area contributed by atoms with Crippen LogP contribution in [0.5, 0.6) is 5.75 Å². The smallest absolute Gasteiger partial charge is 0.416 e. The van der Waals surface area contributed by atoms with Gasteiger partial charge in [0.05, 0.1) is 5.56 Å². The van der Waals surface area contributed by atoms with Gasteiger partial charge in [0.1, 0.15) is 17.1 Å². The molecule has 0 spiro atoms. The van der Waals surface area contributed by atoms with E-state index in [9.17, 15) is 22.8 Å². The summed E-state index contributed by atoms with van der Waals surface area (Å²) in [7, 11) is 0.